The molecule has 0 radical (unpaired) electrons. The van der Waals surface area contributed by atoms with Crippen molar-refractivity contribution in [3.8, 4) is 5.75 Å². The molecule has 2 aromatic rings. The van der Waals surface area contributed by atoms with Crippen LogP contribution in [0.25, 0.3) is 0 Å². The fraction of sp³-hybridized carbons (Fsp3) is 0.250. The van der Waals surface area contributed by atoms with Crippen LogP contribution in [-0.4, -0.2) is 15.6 Å². The summed E-state index contributed by atoms with van der Waals surface area (Å²) in [5.41, 5.74) is -0.569. The van der Waals surface area contributed by atoms with Gasteiger partial charge in [0, 0.05) is 11.8 Å². The number of carbonyl (C=O) groups is 1. The van der Waals surface area contributed by atoms with Gasteiger partial charge in [0.15, 0.2) is 0 Å². The number of benzene rings is 1. The second-order valence-corrected chi connectivity index (χ2v) is 5.13. The van der Waals surface area contributed by atoms with E-state index in [-0.39, 0.29) is 18.9 Å². The van der Waals surface area contributed by atoms with Crippen LogP contribution >= 0.6 is 0 Å². The van der Waals surface area contributed by atoms with Gasteiger partial charge in [0.2, 0.25) is 0 Å². The molecule has 0 spiro atoms. The smallest absolute Gasteiger partial charge is 0.416 e. The number of halogens is 3. The van der Waals surface area contributed by atoms with Crippen molar-refractivity contribution in [1.29, 1.82) is 0 Å². The van der Waals surface area contributed by atoms with E-state index in [0.717, 1.165) is 22.8 Å². The number of carbonyl (C=O) groups excluding carboxylic acids is 1. The van der Waals surface area contributed by atoms with Crippen molar-refractivity contribution >= 4 is 5.97 Å². The normalized spacial score (nSPS) is 11.3. The summed E-state index contributed by atoms with van der Waals surface area (Å²) in [5, 5.41) is 9.27. The second kappa shape index (κ2) is 6.77. The van der Waals surface area contributed by atoms with Crippen molar-refractivity contribution in [3.63, 3.8) is 0 Å². The SMILES string of the molecule is Cc1cc(O)cc(=O)n1CC(=O)OCc1ccc(C(F)(F)F)cc1. The van der Waals surface area contributed by atoms with Gasteiger partial charge in [-0.2, -0.15) is 13.2 Å². The predicted molar refractivity (Wildman–Crippen MR) is 78.3 cm³/mol. The molecule has 1 aromatic carbocycles. The molecule has 0 unspecified atom stereocenters. The zero-order valence-electron chi connectivity index (χ0n) is 12.6. The number of aromatic nitrogens is 1. The van der Waals surface area contributed by atoms with Crippen LogP contribution < -0.4 is 5.56 Å². The Morgan fingerprint density at radius 3 is 2.38 bits per heavy atom. The first-order chi connectivity index (χ1) is 11.2. The predicted octanol–water partition coefficient (Wildman–Crippen LogP) is 2.62. The summed E-state index contributed by atoms with van der Waals surface area (Å²) < 4.78 is 43.4. The first kappa shape index (κ1) is 17.6. The highest BCUT2D eigenvalue weighted by atomic mass is 19.4. The molecule has 5 nitrogen and oxygen atoms in total. The summed E-state index contributed by atoms with van der Waals surface area (Å²) in [5.74, 6) is -0.919. The minimum Gasteiger partial charge on any atom is -0.508 e. The van der Waals surface area contributed by atoms with E-state index >= 15 is 0 Å². The Labute approximate surface area is 134 Å². The van der Waals surface area contributed by atoms with Gasteiger partial charge in [-0.25, -0.2) is 0 Å². The van der Waals surface area contributed by atoms with E-state index in [4.69, 9.17) is 4.74 Å². The average molecular weight is 341 g/mol. The van der Waals surface area contributed by atoms with Gasteiger partial charge < -0.3 is 14.4 Å². The number of hydrogen-bond acceptors (Lipinski definition) is 4. The molecule has 0 saturated carbocycles. The van der Waals surface area contributed by atoms with Gasteiger partial charge in [-0.05, 0) is 30.7 Å². The molecule has 0 bridgehead atoms. The topological polar surface area (TPSA) is 68.5 Å². The van der Waals surface area contributed by atoms with Crippen molar-refractivity contribution < 1.29 is 27.8 Å². The number of hydrogen-bond donors (Lipinski definition) is 1. The van der Waals surface area contributed by atoms with Crippen LogP contribution in [0, 0.1) is 6.92 Å². The largest absolute Gasteiger partial charge is 0.508 e. The molecule has 0 fully saturated rings. The van der Waals surface area contributed by atoms with Crippen molar-refractivity contribution in [1.82, 2.24) is 4.57 Å². The molecule has 24 heavy (non-hydrogen) atoms. The summed E-state index contributed by atoms with van der Waals surface area (Å²) in [6.45, 7) is 0.985. The Kier molecular flexibility index (Phi) is 4.96. The van der Waals surface area contributed by atoms with Crippen LogP contribution in [0.1, 0.15) is 16.8 Å². The Morgan fingerprint density at radius 1 is 1.21 bits per heavy atom. The third-order valence-corrected chi connectivity index (χ3v) is 3.29. The van der Waals surface area contributed by atoms with Crippen molar-refractivity contribution in [2.75, 3.05) is 0 Å². The lowest BCUT2D eigenvalue weighted by atomic mass is 10.1. The summed E-state index contributed by atoms with van der Waals surface area (Å²) in [6, 6.07) is 6.53. The Bertz CT molecular complexity index is 794. The lowest BCUT2D eigenvalue weighted by Crippen LogP contribution is -2.26. The number of rotatable bonds is 4. The maximum absolute atomic E-state index is 12.4. The highest BCUT2D eigenvalue weighted by Gasteiger charge is 2.29. The minimum absolute atomic E-state index is 0.202. The van der Waals surface area contributed by atoms with Crippen molar-refractivity contribution in [3.05, 3.63) is 63.6 Å². The molecular formula is C16H14F3NO4. The molecule has 1 heterocycles. The summed E-state index contributed by atoms with van der Waals surface area (Å²) in [4.78, 5) is 23.5. The van der Waals surface area contributed by atoms with Crippen molar-refractivity contribution in [2.24, 2.45) is 0 Å². The Morgan fingerprint density at radius 2 is 1.83 bits per heavy atom. The van der Waals surface area contributed by atoms with Gasteiger partial charge in [0.25, 0.3) is 5.56 Å². The van der Waals surface area contributed by atoms with E-state index in [2.05, 4.69) is 0 Å². The fourth-order valence-electron chi connectivity index (χ4n) is 2.04. The Hall–Kier alpha value is -2.77. The minimum atomic E-state index is -4.42. The molecule has 0 saturated heterocycles. The van der Waals surface area contributed by atoms with Gasteiger partial charge in [-0.3, -0.25) is 9.59 Å². The van der Waals surface area contributed by atoms with Crippen molar-refractivity contribution in [2.45, 2.75) is 26.3 Å². The molecule has 2 rings (SSSR count). The van der Waals surface area contributed by atoms with E-state index in [9.17, 15) is 27.9 Å². The maximum Gasteiger partial charge on any atom is 0.416 e. The van der Waals surface area contributed by atoms with Gasteiger partial charge in [0.1, 0.15) is 18.9 Å². The number of esters is 1. The van der Waals surface area contributed by atoms with Gasteiger partial charge in [-0.15, -0.1) is 0 Å². The van der Waals surface area contributed by atoms with Crippen LogP contribution in [0.3, 0.4) is 0 Å². The van der Waals surface area contributed by atoms with Crippen LogP contribution in [0.4, 0.5) is 13.2 Å². The number of alkyl halides is 3. The van der Waals surface area contributed by atoms with E-state index < -0.39 is 23.3 Å². The highest BCUT2D eigenvalue weighted by Crippen LogP contribution is 2.29. The van der Waals surface area contributed by atoms with Gasteiger partial charge >= 0.3 is 12.1 Å². The number of ether oxygens (including phenoxy) is 1. The number of aromatic hydroxyl groups is 1. The standard InChI is InChI=1S/C16H14F3NO4/c1-10-6-13(21)7-14(22)20(10)8-15(23)24-9-11-2-4-12(5-3-11)16(17,18)19/h2-7,21H,8-9H2,1H3. The molecule has 8 heteroatoms. The lowest BCUT2D eigenvalue weighted by Gasteiger charge is -2.11. The third kappa shape index (κ3) is 4.37. The van der Waals surface area contributed by atoms with Crippen LogP contribution in [0.2, 0.25) is 0 Å². The van der Waals surface area contributed by atoms with E-state index in [0.29, 0.717) is 11.3 Å². The van der Waals surface area contributed by atoms with Crippen LogP contribution in [0.5, 0.6) is 5.75 Å². The Balaban J connectivity index is 1.98. The molecule has 1 N–H and O–H groups in total. The third-order valence-electron chi connectivity index (χ3n) is 3.29. The van der Waals surface area contributed by atoms with Gasteiger partial charge in [-0.1, -0.05) is 12.1 Å². The first-order valence-corrected chi connectivity index (χ1v) is 6.89. The zero-order chi connectivity index (χ0) is 17.9. The van der Waals surface area contributed by atoms with E-state index in [1.807, 2.05) is 0 Å². The van der Waals surface area contributed by atoms with Gasteiger partial charge in [0.05, 0.1) is 5.56 Å². The van der Waals surface area contributed by atoms with E-state index in [1.165, 1.54) is 18.2 Å². The summed E-state index contributed by atoms with van der Waals surface area (Å²) in [7, 11) is 0. The van der Waals surface area contributed by atoms with Crippen LogP contribution in [-0.2, 0) is 28.9 Å². The molecule has 0 aliphatic heterocycles. The molecule has 1 aromatic heterocycles. The fourth-order valence-corrected chi connectivity index (χ4v) is 2.04. The average Bonchev–Trinajstić information content (AvgIpc) is 2.48. The molecule has 128 valence electrons. The number of nitrogens with zero attached hydrogens (tertiary/aromatic N) is 1. The van der Waals surface area contributed by atoms with E-state index in [1.54, 1.807) is 6.92 Å². The molecule has 0 amide bonds. The number of aryl methyl sites for hydroxylation is 1. The molecular weight excluding hydrogens is 327 g/mol. The molecule has 0 atom stereocenters. The summed E-state index contributed by atoms with van der Waals surface area (Å²) >= 11 is 0. The first-order valence-electron chi connectivity index (χ1n) is 6.89. The number of pyridine rings is 1. The summed E-state index contributed by atoms with van der Waals surface area (Å²) in [6.07, 6.45) is -4.42. The molecule has 0 aliphatic carbocycles. The van der Waals surface area contributed by atoms with Crippen LogP contribution in [0.15, 0.2) is 41.2 Å². The monoisotopic (exact) mass is 341 g/mol. The lowest BCUT2D eigenvalue weighted by molar-refractivity contribution is -0.146. The quantitative estimate of drug-likeness (QED) is 0.868. The highest BCUT2D eigenvalue weighted by molar-refractivity contribution is 5.69. The zero-order valence-corrected chi connectivity index (χ0v) is 12.6. The second-order valence-electron chi connectivity index (χ2n) is 5.13. The maximum atomic E-state index is 12.4. The molecule has 0 aliphatic rings.